The van der Waals surface area contributed by atoms with Gasteiger partial charge in [-0.25, -0.2) is 4.79 Å². The second-order valence-electron chi connectivity index (χ2n) is 11.3. The van der Waals surface area contributed by atoms with Crippen LogP contribution in [0.1, 0.15) is 77.0 Å². The number of fused-ring (bicyclic) bond motifs is 2. The third-order valence-corrected chi connectivity index (χ3v) is 7.40. The fourth-order valence-corrected chi connectivity index (χ4v) is 5.73. The van der Waals surface area contributed by atoms with Crippen LogP contribution in [-0.2, 0) is 29.0 Å². The van der Waals surface area contributed by atoms with E-state index in [1.165, 1.54) is 0 Å². The summed E-state index contributed by atoms with van der Waals surface area (Å²) in [5.41, 5.74) is 6.92. The van der Waals surface area contributed by atoms with Gasteiger partial charge < -0.3 is 19.5 Å². The van der Waals surface area contributed by atoms with Gasteiger partial charge in [0.1, 0.15) is 5.75 Å². The molecule has 0 bridgehead atoms. The number of hydrogen-bond donors (Lipinski definition) is 1. The van der Waals surface area contributed by atoms with Crippen molar-refractivity contribution in [3.05, 3.63) is 87.5 Å². The molecule has 1 amide bonds. The van der Waals surface area contributed by atoms with Gasteiger partial charge in [-0.05, 0) is 98.5 Å². The summed E-state index contributed by atoms with van der Waals surface area (Å²) < 4.78 is 12.0. The molecule has 3 aromatic rings. The van der Waals surface area contributed by atoms with Crippen molar-refractivity contribution in [3.8, 4) is 16.9 Å². The van der Waals surface area contributed by atoms with Crippen LogP contribution in [0.5, 0.6) is 5.75 Å². The molecule has 0 radical (unpaired) electrons. The van der Waals surface area contributed by atoms with Gasteiger partial charge >= 0.3 is 5.97 Å². The lowest BCUT2D eigenvalue weighted by atomic mass is 9.82. The molecule has 0 aliphatic carbocycles. The van der Waals surface area contributed by atoms with Crippen molar-refractivity contribution in [2.24, 2.45) is 0 Å². The molecule has 1 N–H and O–H groups in total. The summed E-state index contributed by atoms with van der Waals surface area (Å²) in [4.78, 5) is 28.3. The van der Waals surface area contributed by atoms with Crippen molar-refractivity contribution in [1.82, 2.24) is 4.90 Å². The fourth-order valence-electron chi connectivity index (χ4n) is 5.73. The third kappa shape index (κ3) is 4.81. The normalized spacial score (nSPS) is 15.6. The second kappa shape index (κ2) is 9.91. The molecule has 3 aromatic carbocycles. The van der Waals surface area contributed by atoms with Gasteiger partial charge in [0.15, 0.2) is 6.10 Å². The van der Waals surface area contributed by atoms with Gasteiger partial charge in [0.05, 0.1) is 12.2 Å². The quantitative estimate of drug-likeness (QED) is 0.413. The molecule has 2 aliphatic rings. The van der Waals surface area contributed by atoms with Crippen molar-refractivity contribution >= 4 is 11.9 Å². The van der Waals surface area contributed by atoms with Crippen molar-refractivity contribution in [2.75, 3.05) is 6.61 Å². The summed E-state index contributed by atoms with van der Waals surface area (Å²) in [7, 11) is 0. The topological polar surface area (TPSA) is 76.1 Å². The summed E-state index contributed by atoms with van der Waals surface area (Å²) in [6.07, 6.45) is 0.627. The predicted molar refractivity (Wildman–Crippen MR) is 146 cm³/mol. The van der Waals surface area contributed by atoms with Crippen LogP contribution in [0.2, 0.25) is 0 Å². The molecular weight excluding hydrogens is 478 g/mol. The van der Waals surface area contributed by atoms with Gasteiger partial charge in [-0.3, -0.25) is 4.79 Å². The first-order valence-electron chi connectivity index (χ1n) is 13.2. The Bertz CT molecular complexity index is 1400. The minimum Gasteiger partial charge on any atom is -0.493 e. The van der Waals surface area contributed by atoms with E-state index in [1.54, 1.807) is 0 Å². The van der Waals surface area contributed by atoms with Gasteiger partial charge in [-0.1, -0.05) is 36.4 Å². The Morgan fingerprint density at radius 2 is 1.82 bits per heavy atom. The molecule has 0 aromatic heterocycles. The average molecular weight is 514 g/mol. The number of carboxylic acid groups (broad SMARTS) is 1. The zero-order valence-corrected chi connectivity index (χ0v) is 22.8. The third-order valence-electron chi connectivity index (χ3n) is 7.40. The smallest absolute Gasteiger partial charge is 0.337 e. The number of hydrogen-bond acceptors (Lipinski definition) is 4. The summed E-state index contributed by atoms with van der Waals surface area (Å²) in [5.74, 6) is -0.269. The van der Waals surface area contributed by atoms with Crippen LogP contribution in [0, 0.1) is 13.8 Å². The minimum atomic E-state index is -1.22. The molecule has 198 valence electrons. The molecule has 5 rings (SSSR count). The number of aryl methyl sites for hydroxylation is 1. The zero-order valence-electron chi connectivity index (χ0n) is 22.8. The van der Waals surface area contributed by atoms with Crippen molar-refractivity contribution < 1.29 is 24.2 Å². The standard InChI is InChI=1S/C32H35NO5/c1-19-24-18-33(17-21-10-7-6-8-11-21)30(34)27(24)20(2)28(29(31(35)36)38-32(3,4)5)26(19)23-13-14-25-22(16-23)12-9-15-37-25/h6-8,10-11,13-14,16,29H,9,12,15,17-18H2,1-5H3,(H,35,36). The molecule has 0 saturated carbocycles. The molecule has 0 saturated heterocycles. The highest BCUT2D eigenvalue weighted by molar-refractivity contribution is 6.02. The van der Waals surface area contributed by atoms with Gasteiger partial charge in [-0.15, -0.1) is 0 Å². The Hall–Kier alpha value is -3.64. The van der Waals surface area contributed by atoms with E-state index in [0.29, 0.717) is 36.4 Å². The summed E-state index contributed by atoms with van der Waals surface area (Å²) in [5, 5.41) is 10.4. The number of carbonyl (C=O) groups is 2. The molecule has 1 atom stereocenters. The van der Waals surface area contributed by atoms with E-state index < -0.39 is 17.7 Å². The van der Waals surface area contributed by atoms with Crippen LogP contribution in [0.25, 0.3) is 11.1 Å². The molecule has 6 heteroatoms. The molecule has 2 heterocycles. The molecule has 2 aliphatic heterocycles. The van der Waals surface area contributed by atoms with Crippen molar-refractivity contribution in [3.63, 3.8) is 0 Å². The SMILES string of the molecule is Cc1c2c(c(C)c(C(OC(C)(C)C)C(=O)O)c1-c1ccc3c(c1)CCCO3)C(=O)N(Cc1ccccc1)C2. The maximum Gasteiger partial charge on any atom is 0.337 e. The van der Waals surface area contributed by atoms with Gasteiger partial charge in [0.25, 0.3) is 5.91 Å². The fraction of sp³-hybridized carbons (Fsp3) is 0.375. The maximum atomic E-state index is 13.8. The van der Waals surface area contributed by atoms with Crippen LogP contribution in [0.3, 0.4) is 0 Å². The number of carboxylic acids is 1. The van der Waals surface area contributed by atoms with Gasteiger partial charge in [0, 0.05) is 24.2 Å². The molecule has 0 spiro atoms. The number of aliphatic carboxylic acids is 1. The average Bonchev–Trinajstić information content (AvgIpc) is 3.20. The highest BCUT2D eigenvalue weighted by atomic mass is 16.5. The van der Waals surface area contributed by atoms with E-state index in [1.807, 2.05) is 82.0 Å². The van der Waals surface area contributed by atoms with E-state index in [2.05, 4.69) is 6.07 Å². The predicted octanol–water partition coefficient (Wildman–Crippen LogP) is 6.39. The van der Waals surface area contributed by atoms with Crippen LogP contribution < -0.4 is 4.74 Å². The summed E-state index contributed by atoms with van der Waals surface area (Å²) >= 11 is 0. The molecule has 1 unspecified atom stereocenters. The number of carbonyl (C=O) groups excluding carboxylic acids is 1. The Labute approximate surface area is 224 Å². The van der Waals surface area contributed by atoms with Gasteiger partial charge in [-0.2, -0.15) is 0 Å². The minimum absolute atomic E-state index is 0.0732. The Morgan fingerprint density at radius 1 is 1.08 bits per heavy atom. The van der Waals surface area contributed by atoms with E-state index in [9.17, 15) is 14.7 Å². The number of benzene rings is 3. The first-order valence-corrected chi connectivity index (χ1v) is 13.2. The summed E-state index contributed by atoms with van der Waals surface area (Å²) in [6.45, 7) is 11.1. The second-order valence-corrected chi connectivity index (χ2v) is 11.3. The van der Waals surface area contributed by atoms with Crippen LogP contribution in [0.15, 0.2) is 48.5 Å². The largest absolute Gasteiger partial charge is 0.493 e. The number of nitrogens with zero attached hydrogens (tertiary/aromatic N) is 1. The van der Waals surface area contributed by atoms with Gasteiger partial charge in [0.2, 0.25) is 0 Å². The van der Waals surface area contributed by atoms with E-state index >= 15 is 0 Å². The summed E-state index contributed by atoms with van der Waals surface area (Å²) in [6, 6.07) is 16.0. The van der Waals surface area contributed by atoms with E-state index in [0.717, 1.165) is 52.0 Å². The lowest BCUT2D eigenvalue weighted by Crippen LogP contribution is -2.29. The van der Waals surface area contributed by atoms with Crippen molar-refractivity contribution in [1.29, 1.82) is 0 Å². The molecular formula is C32H35NO5. The zero-order chi connectivity index (χ0) is 27.2. The number of rotatable bonds is 6. The lowest BCUT2D eigenvalue weighted by molar-refractivity contribution is -0.160. The van der Waals surface area contributed by atoms with Crippen molar-refractivity contribution in [2.45, 2.75) is 72.3 Å². The van der Waals surface area contributed by atoms with E-state index in [4.69, 9.17) is 9.47 Å². The van der Waals surface area contributed by atoms with Crippen LogP contribution in [-0.4, -0.2) is 34.1 Å². The Kier molecular flexibility index (Phi) is 6.78. The van der Waals surface area contributed by atoms with Crippen LogP contribution >= 0.6 is 0 Å². The Morgan fingerprint density at radius 3 is 2.50 bits per heavy atom. The maximum absolute atomic E-state index is 13.8. The number of amides is 1. The van der Waals surface area contributed by atoms with Crippen LogP contribution in [0.4, 0.5) is 0 Å². The monoisotopic (exact) mass is 513 g/mol. The lowest BCUT2D eigenvalue weighted by Gasteiger charge is -2.30. The first-order chi connectivity index (χ1) is 18.0. The molecule has 38 heavy (non-hydrogen) atoms. The first kappa shape index (κ1) is 26.0. The number of ether oxygens (including phenoxy) is 2. The highest BCUT2D eigenvalue weighted by Gasteiger charge is 2.38. The highest BCUT2D eigenvalue weighted by Crippen LogP contribution is 2.44. The molecule has 0 fully saturated rings. The van der Waals surface area contributed by atoms with E-state index in [-0.39, 0.29) is 5.91 Å². The molecule has 6 nitrogen and oxygen atoms in total. The Balaban J connectivity index is 1.71.